The number of carbonyl (C=O) groups excluding carboxylic acids is 1. The number of aryl methyl sites for hydroxylation is 2. The first-order valence-electron chi connectivity index (χ1n) is 7.21. The summed E-state index contributed by atoms with van der Waals surface area (Å²) in [5, 5.41) is 0. The van der Waals surface area contributed by atoms with E-state index in [-0.39, 0.29) is 5.97 Å². The Bertz CT molecular complexity index is 885. The molecule has 118 valence electrons. The first kappa shape index (κ1) is 15.0. The average Bonchev–Trinajstić information content (AvgIpc) is 2.94. The Morgan fingerprint density at radius 3 is 2.74 bits per heavy atom. The number of pyridine rings is 1. The van der Waals surface area contributed by atoms with Gasteiger partial charge < -0.3 is 14.2 Å². The lowest BCUT2D eigenvalue weighted by molar-refractivity contribution is 0.0600. The number of ether oxygens (including phenoxy) is 1. The molecule has 0 fully saturated rings. The predicted octanol–water partition coefficient (Wildman–Crippen LogP) is 2.83. The second kappa shape index (κ2) is 5.72. The van der Waals surface area contributed by atoms with Crippen LogP contribution in [-0.2, 0) is 11.8 Å². The summed E-state index contributed by atoms with van der Waals surface area (Å²) in [4.78, 5) is 22.4. The first-order valence-corrected chi connectivity index (χ1v) is 7.21. The molecule has 23 heavy (non-hydrogen) atoms. The number of hydrogen-bond donors (Lipinski definition) is 0. The number of rotatable bonds is 3. The summed E-state index contributed by atoms with van der Waals surface area (Å²) in [6, 6.07) is 7.47. The number of fused-ring (bicyclic) bond motifs is 1. The Morgan fingerprint density at radius 2 is 2.04 bits per heavy atom. The lowest BCUT2D eigenvalue weighted by atomic mass is 10.1. The normalized spacial score (nSPS) is 10.8. The van der Waals surface area contributed by atoms with Crippen LogP contribution < -0.4 is 4.90 Å². The fourth-order valence-electron chi connectivity index (χ4n) is 2.60. The van der Waals surface area contributed by atoms with Crippen LogP contribution in [0.25, 0.3) is 11.0 Å². The molecule has 6 heteroatoms. The van der Waals surface area contributed by atoms with E-state index in [9.17, 15) is 4.79 Å². The molecule has 0 bridgehead atoms. The van der Waals surface area contributed by atoms with Gasteiger partial charge in [0.1, 0.15) is 11.3 Å². The van der Waals surface area contributed by atoms with Crippen molar-refractivity contribution in [1.82, 2.24) is 14.5 Å². The van der Waals surface area contributed by atoms with Crippen molar-refractivity contribution in [2.45, 2.75) is 6.92 Å². The number of aromatic nitrogens is 3. The maximum absolute atomic E-state index is 11.6. The summed E-state index contributed by atoms with van der Waals surface area (Å²) < 4.78 is 6.71. The highest BCUT2D eigenvalue weighted by molar-refractivity contribution is 5.90. The second-order valence-electron chi connectivity index (χ2n) is 5.44. The number of anilines is 2. The van der Waals surface area contributed by atoms with Crippen LogP contribution >= 0.6 is 0 Å². The van der Waals surface area contributed by atoms with Crippen molar-refractivity contribution < 1.29 is 9.53 Å². The van der Waals surface area contributed by atoms with Crippen LogP contribution in [0.1, 0.15) is 15.9 Å². The number of hydrogen-bond acceptors (Lipinski definition) is 5. The lowest BCUT2D eigenvalue weighted by Crippen LogP contribution is -2.13. The third-order valence-electron chi connectivity index (χ3n) is 3.92. The van der Waals surface area contributed by atoms with E-state index in [1.54, 1.807) is 18.6 Å². The van der Waals surface area contributed by atoms with Crippen LogP contribution in [0, 0.1) is 6.92 Å². The summed E-state index contributed by atoms with van der Waals surface area (Å²) >= 11 is 0. The Hall–Kier alpha value is -2.89. The predicted molar refractivity (Wildman–Crippen MR) is 89.1 cm³/mol. The van der Waals surface area contributed by atoms with E-state index >= 15 is 0 Å². The maximum Gasteiger partial charge on any atom is 0.337 e. The smallest absolute Gasteiger partial charge is 0.337 e. The lowest BCUT2D eigenvalue weighted by Gasteiger charge is -2.21. The van der Waals surface area contributed by atoms with E-state index in [4.69, 9.17) is 4.74 Å². The Morgan fingerprint density at radius 1 is 1.26 bits per heavy atom. The molecular formula is C17H18N4O2. The fourth-order valence-corrected chi connectivity index (χ4v) is 2.60. The summed E-state index contributed by atoms with van der Waals surface area (Å²) in [5.74, 6) is 0.478. The van der Waals surface area contributed by atoms with Gasteiger partial charge in [0.05, 0.1) is 30.7 Å². The average molecular weight is 310 g/mol. The second-order valence-corrected chi connectivity index (χ2v) is 5.44. The van der Waals surface area contributed by atoms with E-state index in [0.29, 0.717) is 5.56 Å². The highest BCUT2D eigenvalue weighted by atomic mass is 16.5. The van der Waals surface area contributed by atoms with Gasteiger partial charge in [-0.2, -0.15) is 0 Å². The number of imidazole rings is 1. The molecule has 3 rings (SSSR count). The zero-order chi connectivity index (χ0) is 16.6. The molecule has 0 radical (unpaired) electrons. The highest BCUT2D eigenvalue weighted by Crippen LogP contribution is 2.28. The summed E-state index contributed by atoms with van der Waals surface area (Å²) in [5.41, 5.74) is 4.37. The third kappa shape index (κ3) is 2.63. The van der Waals surface area contributed by atoms with Gasteiger partial charge in [0.25, 0.3) is 0 Å². The Kier molecular flexibility index (Phi) is 3.73. The molecule has 1 aromatic carbocycles. The van der Waals surface area contributed by atoms with Crippen LogP contribution in [0.5, 0.6) is 0 Å². The minimum absolute atomic E-state index is 0.336. The van der Waals surface area contributed by atoms with E-state index in [2.05, 4.69) is 9.97 Å². The van der Waals surface area contributed by atoms with E-state index < -0.39 is 0 Å². The van der Waals surface area contributed by atoms with Crippen LogP contribution in [0.2, 0.25) is 0 Å². The fraction of sp³-hybridized carbons (Fsp3) is 0.235. The maximum atomic E-state index is 11.6. The van der Waals surface area contributed by atoms with Crippen molar-refractivity contribution in [2.75, 3.05) is 19.1 Å². The molecule has 0 aliphatic rings. The number of esters is 1. The molecule has 0 saturated heterocycles. The highest BCUT2D eigenvalue weighted by Gasteiger charge is 2.13. The van der Waals surface area contributed by atoms with E-state index in [1.165, 1.54) is 7.11 Å². The number of methoxy groups -OCH3 is 1. The zero-order valence-electron chi connectivity index (χ0n) is 13.6. The standard InChI is InChI=1S/C17H18N4O2/c1-11-7-12(17(22)23-4)5-6-14(11)21(3)16-8-15-13(9-18-16)19-10-20(15)2/h5-10H,1-4H3. The quantitative estimate of drug-likeness (QED) is 0.696. The summed E-state index contributed by atoms with van der Waals surface area (Å²) in [6.07, 6.45) is 3.53. The Labute approximate surface area is 134 Å². The Balaban J connectivity index is 1.99. The van der Waals surface area contributed by atoms with Crippen molar-refractivity contribution in [2.24, 2.45) is 7.05 Å². The van der Waals surface area contributed by atoms with Crippen molar-refractivity contribution in [3.63, 3.8) is 0 Å². The van der Waals surface area contributed by atoms with Crippen LogP contribution in [-0.4, -0.2) is 34.7 Å². The molecule has 0 spiro atoms. The molecule has 0 aliphatic heterocycles. The van der Waals surface area contributed by atoms with Crippen molar-refractivity contribution in [1.29, 1.82) is 0 Å². The molecule has 0 amide bonds. The molecule has 0 saturated carbocycles. The monoisotopic (exact) mass is 310 g/mol. The zero-order valence-corrected chi connectivity index (χ0v) is 13.6. The topological polar surface area (TPSA) is 60.2 Å². The summed E-state index contributed by atoms with van der Waals surface area (Å²) in [7, 11) is 5.28. The van der Waals surface area contributed by atoms with Crippen LogP contribution in [0.3, 0.4) is 0 Å². The van der Waals surface area contributed by atoms with E-state index in [1.807, 2.05) is 48.7 Å². The van der Waals surface area contributed by atoms with Gasteiger partial charge in [0.2, 0.25) is 0 Å². The van der Waals surface area contributed by atoms with Gasteiger partial charge in [0, 0.05) is 25.8 Å². The molecule has 3 aromatic rings. The molecule has 0 aliphatic carbocycles. The van der Waals surface area contributed by atoms with Gasteiger partial charge in [-0.15, -0.1) is 0 Å². The van der Waals surface area contributed by atoms with Crippen molar-refractivity contribution >= 4 is 28.5 Å². The SMILES string of the molecule is COC(=O)c1ccc(N(C)c2cc3c(cn2)ncn3C)c(C)c1. The molecule has 0 atom stereocenters. The minimum Gasteiger partial charge on any atom is -0.465 e. The minimum atomic E-state index is -0.336. The van der Waals surface area contributed by atoms with Gasteiger partial charge in [-0.3, -0.25) is 0 Å². The van der Waals surface area contributed by atoms with Crippen LogP contribution in [0.15, 0.2) is 36.8 Å². The molecule has 0 N–H and O–H groups in total. The number of benzene rings is 1. The van der Waals surface area contributed by atoms with Gasteiger partial charge in [-0.1, -0.05) is 0 Å². The number of carbonyl (C=O) groups is 1. The van der Waals surface area contributed by atoms with E-state index in [0.717, 1.165) is 28.1 Å². The summed E-state index contributed by atoms with van der Waals surface area (Å²) in [6.45, 7) is 1.96. The molecule has 0 unspecified atom stereocenters. The molecular weight excluding hydrogens is 292 g/mol. The molecule has 2 aromatic heterocycles. The van der Waals surface area contributed by atoms with Gasteiger partial charge in [0.15, 0.2) is 0 Å². The number of nitrogens with zero attached hydrogens (tertiary/aromatic N) is 4. The van der Waals surface area contributed by atoms with Crippen molar-refractivity contribution in [3.8, 4) is 0 Å². The van der Waals surface area contributed by atoms with Gasteiger partial charge in [-0.05, 0) is 30.7 Å². The van der Waals surface area contributed by atoms with Crippen LogP contribution in [0.4, 0.5) is 11.5 Å². The third-order valence-corrected chi connectivity index (χ3v) is 3.92. The molecule has 2 heterocycles. The largest absolute Gasteiger partial charge is 0.465 e. The van der Waals surface area contributed by atoms with Gasteiger partial charge >= 0.3 is 5.97 Å². The molecule has 6 nitrogen and oxygen atoms in total. The van der Waals surface area contributed by atoms with Gasteiger partial charge in [-0.25, -0.2) is 14.8 Å². The van der Waals surface area contributed by atoms with Crippen molar-refractivity contribution in [3.05, 3.63) is 47.9 Å². The first-order chi connectivity index (χ1) is 11.0.